The molecular formula is C12H12BrNO3. The summed E-state index contributed by atoms with van der Waals surface area (Å²) in [7, 11) is 0. The summed E-state index contributed by atoms with van der Waals surface area (Å²) in [5, 5.41) is 2.85. The Labute approximate surface area is 107 Å². The van der Waals surface area contributed by atoms with Gasteiger partial charge in [0, 0.05) is 6.04 Å². The van der Waals surface area contributed by atoms with E-state index in [1.165, 1.54) is 0 Å². The summed E-state index contributed by atoms with van der Waals surface area (Å²) < 4.78 is 10.7. The SMILES string of the molecule is C[C@@H](Cc1ccoc1)NC(=O)c1ccc(Br)o1. The molecule has 0 saturated carbocycles. The van der Waals surface area contributed by atoms with E-state index < -0.39 is 0 Å². The number of amides is 1. The molecule has 90 valence electrons. The highest BCUT2D eigenvalue weighted by Crippen LogP contribution is 2.14. The minimum Gasteiger partial charge on any atom is -0.472 e. The van der Waals surface area contributed by atoms with Gasteiger partial charge in [0.15, 0.2) is 10.4 Å². The van der Waals surface area contributed by atoms with E-state index in [2.05, 4.69) is 21.2 Å². The lowest BCUT2D eigenvalue weighted by molar-refractivity contribution is 0.0911. The van der Waals surface area contributed by atoms with Gasteiger partial charge in [-0.25, -0.2) is 0 Å². The van der Waals surface area contributed by atoms with Crippen molar-refractivity contribution in [3.05, 3.63) is 46.7 Å². The predicted octanol–water partition coefficient (Wildman–Crippen LogP) is 3.00. The molecule has 1 amide bonds. The van der Waals surface area contributed by atoms with Gasteiger partial charge in [0.1, 0.15) is 0 Å². The third kappa shape index (κ3) is 3.23. The first-order valence-electron chi connectivity index (χ1n) is 5.22. The second kappa shape index (κ2) is 5.23. The molecule has 0 fully saturated rings. The Bertz CT molecular complexity index is 490. The van der Waals surface area contributed by atoms with E-state index in [0.29, 0.717) is 10.4 Å². The first kappa shape index (κ1) is 12.0. The Morgan fingerprint density at radius 1 is 1.47 bits per heavy atom. The van der Waals surface area contributed by atoms with Crippen molar-refractivity contribution in [3.63, 3.8) is 0 Å². The van der Waals surface area contributed by atoms with Crippen LogP contribution in [-0.2, 0) is 6.42 Å². The summed E-state index contributed by atoms with van der Waals surface area (Å²) in [5.41, 5.74) is 1.05. The number of carbonyl (C=O) groups is 1. The van der Waals surface area contributed by atoms with Crippen molar-refractivity contribution in [2.24, 2.45) is 0 Å². The van der Waals surface area contributed by atoms with Crippen molar-refractivity contribution in [1.29, 1.82) is 0 Å². The second-order valence-electron chi connectivity index (χ2n) is 3.81. The van der Waals surface area contributed by atoms with Gasteiger partial charge in [-0.05, 0) is 53.0 Å². The fourth-order valence-corrected chi connectivity index (χ4v) is 1.85. The van der Waals surface area contributed by atoms with E-state index in [1.807, 2.05) is 13.0 Å². The van der Waals surface area contributed by atoms with Crippen LogP contribution in [0.3, 0.4) is 0 Å². The van der Waals surface area contributed by atoms with Gasteiger partial charge < -0.3 is 14.2 Å². The summed E-state index contributed by atoms with van der Waals surface area (Å²) in [6.45, 7) is 1.93. The normalized spacial score (nSPS) is 12.4. The van der Waals surface area contributed by atoms with Crippen LogP contribution in [0, 0.1) is 0 Å². The molecule has 17 heavy (non-hydrogen) atoms. The van der Waals surface area contributed by atoms with Crippen LogP contribution in [0.2, 0.25) is 0 Å². The van der Waals surface area contributed by atoms with Gasteiger partial charge in [-0.3, -0.25) is 4.79 Å². The predicted molar refractivity (Wildman–Crippen MR) is 65.7 cm³/mol. The molecule has 2 aromatic heterocycles. The topological polar surface area (TPSA) is 55.4 Å². The summed E-state index contributed by atoms with van der Waals surface area (Å²) in [4.78, 5) is 11.7. The Balaban J connectivity index is 1.90. The standard InChI is InChI=1S/C12H12BrNO3/c1-8(6-9-4-5-16-7-9)14-12(15)10-2-3-11(13)17-10/h2-5,7-8H,6H2,1H3,(H,14,15)/t8-/m0/s1. The van der Waals surface area contributed by atoms with Crippen LogP contribution >= 0.6 is 15.9 Å². The van der Waals surface area contributed by atoms with Gasteiger partial charge in [-0.2, -0.15) is 0 Å². The van der Waals surface area contributed by atoms with Gasteiger partial charge in [0.2, 0.25) is 0 Å². The minimum atomic E-state index is -0.216. The molecule has 0 aliphatic heterocycles. The Kier molecular flexibility index (Phi) is 3.68. The van der Waals surface area contributed by atoms with E-state index in [4.69, 9.17) is 8.83 Å². The number of nitrogens with one attached hydrogen (secondary N) is 1. The monoisotopic (exact) mass is 297 g/mol. The first-order chi connectivity index (χ1) is 8.15. The first-order valence-corrected chi connectivity index (χ1v) is 6.01. The highest BCUT2D eigenvalue weighted by Gasteiger charge is 2.13. The lowest BCUT2D eigenvalue weighted by atomic mass is 10.1. The molecule has 5 heteroatoms. The molecule has 0 unspecified atom stereocenters. The summed E-state index contributed by atoms with van der Waals surface area (Å²) in [6.07, 6.45) is 4.02. The Morgan fingerprint density at radius 3 is 2.88 bits per heavy atom. The third-order valence-corrected chi connectivity index (χ3v) is 2.72. The molecule has 0 radical (unpaired) electrons. The molecule has 4 nitrogen and oxygen atoms in total. The second-order valence-corrected chi connectivity index (χ2v) is 4.60. The molecule has 1 atom stereocenters. The van der Waals surface area contributed by atoms with Gasteiger partial charge in [0.25, 0.3) is 5.91 Å². The van der Waals surface area contributed by atoms with Crippen LogP contribution in [0.25, 0.3) is 0 Å². The van der Waals surface area contributed by atoms with Gasteiger partial charge >= 0.3 is 0 Å². The fourth-order valence-electron chi connectivity index (χ4n) is 1.54. The molecule has 1 N–H and O–H groups in total. The number of carbonyl (C=O) groups excluding carboxylic acids is 1. The number of rotatable bonds is 4. The lowest BCUT2D eigenvalue weighted by Gasteiger charge is -2.11. The highest BCUT2D eigenvalue weighted by molar-refractivity contribution is 9.10. The zero-order valence-corrected chi connectivity index (χ0v) is 10.9. The molecule has 0 aliphatic carbocycles. The van der Waals surface area contributed by atoms with Crippen LogP contribution < -0.4 is 5.32 Å². The van der Waals surface area contributed by atoms with Crippen LogP contribution in [0.5, 0.6) is 0 Å². The van der Waals surface area contributed by atoms with Crippen LogP contribution in [-0.4, -0.2) is 11.9 Å². The van der Waals surface area contributed by atoms with Gasteiger partial charge in [0.05, 0.1) is 12.5 Å². The maximum atomic E-state index is 11.7. The van der Waals surface area contributed by atoms with Crippen molar-refractivity contribution in [2.75, 3.05) is 0 Å². The van der Waals surface area contributed by atoms with Gasteiger partial charge in [-0.15, -0.1) is 0 Å². The van der Waals surface area contributed by atoms with Crippen molar-refractivity contribution in [2.45, 2.75) is 19.4 Å². The molecule has 2 heterocycles. The van der Waals surface area contributed by atoms with Crippen LogP contribution in [0.15, 0.2) is 44.2 Å². The van der Waals surface area contributed by atoms with E-state index in [9.17, 15) is 4.79 Å². The number of hydrogen-bond acceptors (Lipinski definition) is 3. The lowest BCUT2D eigenvalue weighted by Crippen LogP contribution is -2.33. The minimum absolute atomic E-state index is 0.0176. The van der Waals surface area contributed by atoms with E-state index >= 15 is 0 Å². The van der Waals surface area contributed by atoms with Gasteiger partial charge in [-0.1, -0.05) is 0 Å². The quantitative estimate of drug-likeness (QED) is 0.944. The Morgan fingerprint density at radius 2 is 2.29 bits per heavy atom. The molecule has 2 aromatic rings. The molecular weight excluding hydrogens is 286 g/mol. The number of hydrogen-bond donors (Lipinski definition) is 1. The van der Waals surface area contributed by atoms with Crippen molar-refractivity contribution in [1.82, 2.24) is 5.32 Å². The van der Waals surface area contributed by atoms with Crippen LogP contribution in [0.4, 0.5) is 0 Å². The van der Waals surface area contributed by atoms with E-state index in [1.54, 1.807) is 24.7 Å². The largest absolute Gasteiger partial charge is 0.472 e. The van der Waals surface area contributed by atoms with Crippen molar-refractivity contribution in [3.8, 4) is 0 Å². The number of furan rings is 2. The molecule has 0 saturated heterocycles. The van der Waals surface area contributed by atoms with E-state index in [0.717, 1.165) is 12.0 Å². The third-order valence-electron chi connectivity index (χ3n) is 2.30. The zero-order valence-electron chi connectivity index (χ0n) is 9.27. The average molecular weight is 298 g/mol. The molecule has 0 bridgehead atoms. The highest BCUT2D eigenvalue weighted by atomic mass is 79.9. The molecule has 0 aliphatic rings. The average Bonchev–Trinajstić information content (AvgIpc) is 2.89. The van der Waals surface area contributed by atoms with Crippen LogP contribution in [0.1, 0.15) is 23.0 Å². The summed E-state index contributed by atoms with van der Waals surface area (Å²) in [6, 6.07) is 5.22. The van der Waals surface area contributed by atoms with E-state index in [-0.39, 0.29) is 11.9 Å². The summed E-state index contributed by atoms with van der Waals surface area (Å²) in [5.74, 6) is 0.0858. The summed E-state index contributed by atoms with van der Waals surface area (Å²) >= 11 is 3.16. The smallest absolute Gasteiger partial charge is 0.287 e. The molecule has 2 rings (SSSR count). The molecule has 0 spiro atoms. The zero-order chi connectivity index (χ0) is 12.3. The molecule has 0 aromatic carbocycles. The number of halogens is 1. The maximum Gasteiger partial charge on any atom is 0.287 e. The fraction of sp³-hybridized carbons (Fsp3) is 0.250. The van der Waals surface area contributed by atoms with Crippen molar-refractivity contribution >= 4 is 21.8 Å². The maximum absolute atomic E-state index is 11.7. The Hall–Kier alpha value is -1.49. The van der Waals surface area contributed by atoms with Crippen molar-refractivity contribution < 1.29 is 13.6 Å².